The van der Waals surface area contributed by atoms with Gasteiger partial charge in [-0.05, 0) is 54.2 Å². The van der Waals surface area contributed by atoms with Crippen molar-refractivity contribution in [3.63, 3.8) is 0 Å². The first kappa shape index (κ1) is 18.6. The van der Waals surface area contributed by atoms with E-state index in [1.807, 2.05) is 12.1 Å². The zero-order valence-electron chi connectivity index (χ0n) is 14.9. The Bertz CT molecular complexity index is 783. The van der Waals surface area contributed by atoms with Crippen LogP contribution in [0.1, 0.15) is 23.5 Å². The van der Waals surface area contributed by atoms with Crippen LogP contribution in [0.25, 0.3) is 0 Å². The summed E-state index contributed by atoms with van der Waals surface area (Å²) >= 11 is 5.95. The second-order valence-corrected chi connectivity index (χ2v) is 7.93. The van der Waals surface area contributed by atoms with E-state index in [1.165, 1.54) is 24.1 Å². The van der Waals surface area contributed by atoms with Gasteiger partial charge in [0.15, 0.2) is 0 Å². The van der Waals surface area contributed by atoms with Gasteiger partial charge in [-0.1, -0.05) is 29.8 Å². The van der Waals surface area contributed by atoms with Gasteiger partial charge >= 0.3 is 6.18 Å². The molecule has 0 amide bonds. The number of piperazine rings is 1. The molecule has 4 rings (SSSR count). The zero-order chi connectivity index (χ0) is 19.0. The Morgan fingerprint density at radius 3 is 2.33 bits per heavy atom. The molecule has 0 N–H and O–H groups in total. The van der Waals surface area contributed by atoms with E-state index in [9.17, 15) is 13.2 Å². The third-order valence-corrected chi connectivity index (χ3v) is 5.88. The van der Waals surface area contributed by atoms with Gasteiger partial charge in [0.2, 0.25) is 0 Å². The quantitative estimate of drug-likeness (QED) is 0.695. The van der Waals surface area contributed by atoms with E-state index in [-0.39, 0.29) is 0 Å². The van der Waals surface area contributed by atoms with Gasteiger partial charge in [-0.15, -0.1) is 0 Å². The van der Waals surface area contributed by atoms with Crippen molar-refractivity contribution in [1.29, 1.82) is 0 Å². The summed E-state index contributed by atoms with van der Waals surface area (Å²) in [5.74, 6) is 1.29. The van der Waals surface area contributed by atoms with Gasteiger partial charge < -0.3 is 4.90 Å². The fourth-order valence-electron chi connectivity index (χ4n) is 3.97. The topological polar surface area (TPSA) is 6.48 Å². The molecule has 2 nitrogen and oxygen atoms in total. The van der Waals surface area contributed by atoms with Gasteiger partial charge in [0.25, 0.3) is 0 Å². The Labute approximate surface area is 162 Å². The number of rotatable bonds is 4. The standard InChI is InChI=1S/C21H22ClF3N2/c22-18-6-4-15(5-7-18)20-12-16(20)14-26-8-10-27(11-9-26)19-3-1-2-17(13-19)21(23,24)25/h1-7,13,16,20H,8-12,14H2/t16-,20+/m0/s1. The predicted molar refractivity (Wildman–Crippen MR) is 102 cm³/mol. The molecule has 1 saturated carbocycles. The van der Waals surface area contributed by atoms with Crippen LogP contribution in [-0.4, -0.2) is 37.6 Å². The third kappa shape index (κ3) is 4.41. The smallest absolute Gasteiger partial charge is 0.369 e. The monoisotopic (exact) mass is 394 g/mol. The van der Waals surface area contributed by atoms with Crippen LogP contribution in [0.5, 0.6) is 0 Å². The molecule has 0 bridgehead atoms. The molecule has 0 aromatic heterocycles. The maximum absolute atomic E-state index is 12.9. The van der Waals surface area contributed by atoms with Crippen molar-refractivity contribution in [3.05, 3.63) is 64.7 Å². The van der Waals surface area contributed by atoms with Gasteiger partial charge in [0.05, 0.1) is 5.56 Å². The molecule has 0 unspecified atom stereocenters. The van der Waals surface area contributed by atoms with Crippen molar-refractivity contribution in [3.8, 4) is 0 Å². The molecule has 0 radical (unpaired) electrons. The average Bonchev–Trinajstić information content (AvgIpc) is 3.41. The lowest BCUT2D eigenvalue weighted by molar-refractivity contribution is -0.137. The molecule has 1 saturated heterocycles. The Morgan fingerprint density at radius 2 is 1.67 bits per heavy atom. The summed E-state index contributed by atoms with van der Waals surface area (Å²) in [6.45, 7) is 4.36. The Balaban J connectivity index is 1.29. The summed E-state index contributed by atoms with van der Waals surface area (Å²) in [7, 11) is 0. The molecule has 1 heterocycles. The average molecular weight is 395 g/mol. The summed E-state index contributed by atoms with van der Waals surface area (Å²) in [5.41, 5.74) is 1.44. The molecule has 6 heteroatoms. The lowest BCUT2D eigenvalue weighted by Crippen LogP contribution is -2.47. The first-order valence-electron chi connectivity index (χ1n) is 9.30. The number of nitrogens with zero attached hydrogens (tertiary/aromatic N) is 2. The van der Waals surface area contributed by atoms with Crippen molar-refractivity contribution < 1.29 is 13.2 Å². The van der Waals surface area contributed by atoms with Gasteiger partial charge in [0, 0.05) is 43.4 Å². The van der Waals surface area contributed by atoms with Gasteiger partial charge in [-0.25, -0.2) is 0 Å². The molecule has 27 heavy (non-hydrogen) atoms. The molecule has 1 aliphatic heterocycles. The molecule has 144 valence electrons. The number of hydrogen-bond acceptors (Lipinski definition) is 2. The highest BCUT2D eigenvalue weighted by atomic mass is 35.5. The minimum Gasteiger partial charge on any atom is -0.369 e. The largest absolute Gasteiger partial charge is 0.416 e. The summed E-state index contributed by atoms with van der Waals surface area (Å²) in [6, 6.07) is 13.8. The second-order valence-electron chi connectivity index (χ2n) is 7.49. The van der Waals surface area contributed by atoms with E-state index in [0.29, 0.717) is 17.5 Å². The highest BCUT2D eigenvalue weighted by Crippen LogP contribution is 2.48. The Kier molecular flexibility index (Phi) is 5.08. The van der Waals surface area contributed by atoms with Crippen molar-refractivity contribution in [2.24, 2.45) is 5.92 Å². The van der Waals surface area contributed by atoms with Crippen LogP contribution in [0.15, 0.2) is 48.5 Å². The maximum atomic E-state index is 12.9. The van der Waals surface area contributed by atoms with Crippen LogP contribution in [0, 0.1) is 5.92 Å². The van der Waals surface area contributed by atoms with Crippen LogP contribution in [0.3, 0.4) is 0 Å². The minimum atomic E-state index is -4.29. The fourth-order valence-corrected chi connectivity index (χ4v) is 4.09. The van der Waals surface area contributed by atoms with Gasteiger partial charge in [0.1, 0.15) is 0 Å². The summed E-state index contributed by atoms with van der Waals surface area (Å²) in [6.07, 6.45) is -3.09. The van der Waals surface area contributed by atoms with E-state index in [0.717, 1.165) is 43.8 Å². The highest BCUT2D eigenvalue weighted by molar-refractivity contribution is 6.30. The van der Waals surface area contributed by atoms with Gasteiger partial charge in [-0.2, -0.15) is 13.2 Å². The maximum Gasteiger partial charge on any atom is 0.416 e. The number of halogens is 4. The SMILES string of the molecule is FC(F)(F)c1cccc(N2CCN(C[C@@H]3C[C@@H]3c3ccc(Cl)cc3)CC2)c1. The first-order chi connectivity index (χ1) is 12.9. The molecular formula is C21H22ClF3N2. The second kappa shape index (κ2) is 7.36. The van der Waals surface area contributed by atoms with E-state index in [1.54, 1.807) is 6.07 Å². The van der Waals surface area contributed by atoms with Crippen molar-refractivity contribution in [2.45, 2.75) is 18.5 Å². The molecule has 2 aromatic rings. The van der Waals surface area contributed by atoms with Crippen LogP contribution < -0.4 is 4.90 Å². The molecule has 2 fully saturated rings. The highest BCUT2D eigenvalue weighted by Gasteiger charge is 2.39. The van der Waals surface area contributed by atoms with Crippen LogP contribution in [-0.2, 0) is 6.18 Å². The Hall–Kier alpha value is -1.72. The van der Waals surface area contributed by atoms with Crippen LogP contribution in [0.2, 0.25) is 5.02 Å². The van der Waals surface area contributed by atoms with Crippen molar-refractivity contribution >= 4 is 17.3 Å². The number of alkyl halides is 3. The first-order valence-corrected chi connectivity index (χ1v) is 9.68. The normalized spacial score (nSPS) is 23.5. The van der Waals surface area contributed by atoms with Gasteiger partial charge in [-0.3, -0.25) is 4.90 Å². The van der Waals surface area contributed by atoms with E-state index >= 15 is 0 Å². The summed E-state index contributed by atoms with van der Waals surface area (Å²) in [5, 5.41) is 0.765. The molecule has 2 aliphatic rings. The molecule has 2 atom stereocenters. The lowest BCUT2D eigenvalue weighted by atomic mass is 10.1. The lowest BCUT2D eigenvalue weighted by Gasteiger charge is -2.36. The summed E-state index contributed by atoms with van der Waals surface area (Å²) in [4.78, 5) is 4.49. The molecular weight excluding hydrogens is 373 g/mol. The summed E-state index contributed by atoms with van der Waals surface area (Å²) < 4.78 is 38.7. The van der Waals surface area contributed by atoms with E-state index in [2.05, 4.69) is 21.9 Å². The van der Waals surface area contributed by atoms with Crippen LogP contribution in [0.4, 0.5) is 18.9 Å². The molecule has 1 aliphatic carbocycles. The zero-order valence-corrected chi connectivity index (χ0v) is 15.7. The fraction of sp³-hybridized carbons (Fsp3) is 0.429. The minimum absolute atomic E-state index is 0.578. The van der Waals surface area contributed by atoms with E-state index < -0.39 is 11.7 Å². The van der Waals surface area contributed by atoms with Crippen LogP contribution >= 0.6 is 11.6 Å². The van der Waals surface area contributed by atoms with E-state index in [4.69, 9.17) is 11.6 Å². The molecule has 2 aromatic carbocycles. The number of hydrogen-bond donors (Lipinski definition) is 0. The molecule has 0 spiro atoms. The van der Waals surface area contributed by atoms with Crippen molar-refractivity contribution in [2.75, 3.05) is 37.6 Å². The Morgan fingerprint density at radius 1 is 0.963 bits per heavy atom. The number of benzene rings is 2. The number of anilines is 1. The predicted octanol–water partition coefficient (Wildman–Crippen LogP) is 5.28. The third-order valence-electron chi connectivity index (χ3n) is 5.62. The van der Waals surface area contributed by atoms with Crippen molar-refractivity contribution in [1.82, 2.24) is 4.90 Å².